The average Bonchev–Trinajstić information content (AvgIpc) is 3.10. The van der Waals surface area contributed by atoms with Crippen LogP contribution in [0.5, 0.6) is 0 Å². The third kappa shape index (κ3) is 3.25. The van der Waals surface area contributed by atoms with Gasteiger partial charge in [-0.3, -0.25) is 9.59 Å². The topological polar surface area (TPSA) is 102 Å². The van der Waals surface area contributed by atoms with Crippen LogP contribution < -0.4 is 16.4 Å². The molecule has 4 N–H and O–H groups in total. The Morgan fingerprint density at radius 1 is 1.21 bits per heavy atom. The van der Waals surface area contributed by atoms with Crippen LogP contribution in [0.25, 0.3) is 16.8 Å². The van der Waals surface area contributed by atoms with Gasteiger partial charge in [0.05, 0.1) is 5.69 Å². The first-order valence-electron chi connectivity index (χ1n) is 8.85. The highest BCUT2D eigenvalue weighted by atomic mass is 16.2. The van der Waals surface area contributed by atoms with E-state index in [1.807, 2.05) is 36.5 Å². The van der Waals surface area contributed by atoms with Gasteiger partial charge in [0.1, 0.15) is 0 Å². The van der Waals surface area contributed by atoms with E-state index in [4.69, 9.17) is 5.73 Å². The number of fused-ring (bicyclic) bond motifs is 1. The third-order valence-electron chi connectivity index (χ3n) is 4.67. The standard InChI is InChI=1S/C21H19N5O2/c1-2-19(27)24-15-4-6-16(7-5-15)26-12-18(20(22)25-26)13-3-8-17-14(11-13)9-10-23-21(17)28/h2-8,11-12H,1,9-10H2,(H2,22,25)(H,23,28)(H,24,27). The highest BCUT2D eigenvalue weighted by molar-refractivity contribution is 5.99. The molecule has 140 valence electrons. The number of rotatable bonds is 4. The number of nitrogen functional groups attached to an aromatic ring is 1. The van der Waals surface area contributed by atoms with E-state index in [0.717, 1.165) is 28.8 Å². The lowest BCUT2D eigenvalue weighted by atomic mass is 9.96. The van der Waals surface area contributed by atoms with E-state index in [2.05, 4.69) is 22.3 Å². The lowest BCUT2D eigenvalue weighted by Crippen LogP contribution is -2.31. The summed E-state index contributed by atoms with van der Waals surface area (Å²) >= 11 is 0. The number of aromatic nitrogens is 2. The fourth-order valence-corrected chi connectivity index (χ4v) is 3.23. The molecule has 0 aliphatic carbocycles. The Morgan fingerprint density at radius 3 is 2.75 bits per heavy atom. The van der Waals surface area contributed by atoms with Gasteiger partial charge in [0.15, 0.2) is 5.82 Å². The van der Waals surface area contributed by atoms with Crippen LogP contribution in [-0.2, 0) is 11.2 Å². The number of carbonyl (C=O) groups is 2. The predicted octanol–water partition coefficient (Wildman–Crippen LogP) is 2.53. The summed E-state index contributed by atoms with van der Waals surface area (Å²) in [6.45, 7) is 4.07. The lowest BCUT2D eigenvalue weighted by molar-refractivity contribution is -0.111. The Balaban J connectivity index is 1.63. The summed E-state index contributed by atoms with van der Waals surface area (Å²) in [5.74, 6) is 0.101. The van der Waals surface area contributed by atoms with Gasteiger partial charge in [-0.25, -0.2) is 4.68 Å². The third-order valence-corrected chi connectivity index (χ3v) is 4.67. The number of hydrogen-bond acceptors (Lipinski definition) is 4. The van der Waals surface area contributed by atoms with E-state index in [9.17, 15) is 9.59 Å². The van der Waals surface area contributed by atoms with Crippen molar-refractivity contribution < 1.29 is 9.59 Å². The smallest absolute Gasteiger partial charge is 0.251 e. The Kier molecular flexibility index (Phi) is 4.41. The molecule has 2 aromatic carbocycles. The summed E-state index contributed by atoms with van der Waals surface area (Å²) in [6.07, 6.45) is 3.87. The second kappa shape index (κ2) is 7.03. The molecule has 1 aliphatic heterocycles. The molecule has 2 amide bonds. The van der Waals surface area contributed by atoms with Crippen molar-refractivity contribution in [3.63, 3.8) is 0 Å². The molecule has 7 heteroatoms. The molecule has 1 aliphatic rings. The zero-order valence-electron chi connectivity index (χ0n) is 15.1. The van der Waals surface area contributed by atoms with Gasteiger partial charge in [0.25, 0.3) is 5.91 Å². The van der Waals surface area contributed by atoms with Crippen molar-refractivity contribution >= 4 is 23.3 Å². The molecule has 0 spiro atoms. The molecular formula is C21H19N5O2. The van der Waals surface area contributed by atoms with Gasteiger partial charge in [-0.05, 0) is 54.0 Å². The summed E-state index contributed by atoms with van der Waals surface area (Å²) in [4.78, 5) is 23.3. The monoisotopic (exact) mass is 373 g/mol. The molecule has 0 atom stereocenters. The van der Waals surface area contributed by atoms with Gasteiger partial charge < -0.3 is 16.4 Å². The number of carbonyl (C=O) groups excluding carboxylic acids is 2. The second-order valence-electron chi connectivity index (χ2n) is 6.49. The van der Waals surface area contributed by atoms with Crippen LogP contribution in [0, 0.1) is 0 Å². The van der Waals surface area contributed by atoms with Crippen molar-refractivity contribution in [2.24, 2.45) is 0 Å². The normalized spacial score (nSPS) is 12.8. The minimum absolute atomic E-state index is 0.0416. The quantitative estimate of drug-likeness (QED) is 0.612. The summed E-state index contributed by atoms with van der Waals surface area (Å²) in [5, 5.41) is 9.95. The van der Waals surface area contributed by atoms with E-state index < -0.39 is 0 Å². The summed E-state index contributed by atoms with van der Waals surface area (Å²) < 4.78 is 1.69. The molecule has 2 heterocycles. The fourth-order valence-electron chi connectivity index (χ4n) is 3.23. The Hall–Kier alpha value is -3.87. The number of benzene rings is 2. The number of anilines is 2. The molecule has 28 heavy (non-hydrogen) atoms. The van der Waals surface area contributed by atoms with Crippen LogP contribution >= 0.6 is 0 Å². The van der Waals surface area contributed by atoms with Gasteiger partial charge in [0, 0.05) is 29.6 Å². The molecule has 0 unspecified atom stereocenters. The fraction of sp³-hybridized carbons (Fsp3) is 0.0952. The Morgan fingerprint density at radius 2 is 2.00 bits per heavy atom. The maximum atomic E-state index is 11.9. The zero-order chi connectivity index (χ0) is 19.7. The van der Waals surface area contributed by atoms with Crippen molar-refractivity contribution in [3.8, 4) is 16.8 Å². The molecule has 3 aromatic rings. The van der Waals surface area contributed by atoms with E-state index in [0.29, 0.717) is 23.6 Å². The van der Waals surface area contributed by atoms with Gasteiger partial charge in [-0.1, -0.05) is 18.7 Å². The van der Waals surface area contributed by atoms with Gasteiger partial charge in [-0.15, -0.1) is 0 Å². The van der Waals surface area contributed by atoms with Crippen LogP contribution in [0.2, 0.25) is 0 Å². The van der Waals surface area contributed by atoms with E-state index >= 15 is 0 Å². The van der Waals surface area contributed by atoms with Crippen LogP contribution in [-0.4, -0.2) is 28.1 Å². The maximum Gasteiger partial charge on any atom is 0.251 e. The average molecular weight is 373 g/mol. The predicted molar refractivity (Wildman–Crippen MR) is 108 cm³/mol. The summed E-state index contributed by atoms with van der Waals surface area (Å²) in [5.41, 5.74) is 11.1. The van der Waals surface area contributed by atoms with Crippen molar-refractivity contribution in [1.82, 2.24) is 15.1 Å². The molecule has 0 saturated heterocycles. The SMILES string of the molecule is C=CC(=O)Nc1ccc(-n2cc(-c3ccc4c(c3)CCNC4=O)c(N)n2)cc1. The van der Waals surface area contributed by atoms with Gasteiger partial charge in [0.2, 0.25) is 5.91 Å². The van der Waals surface area contributed by atoms with Crippen LogP contribution in [0.1, 0.15) is 15.9 Å². The highest BCUT2D eigenvalue weighted by Gasteiger charge is 2.18. The minimum atomic E-state index is -0.264. The first-order chi connectivity index (χ1) is 13.5. The number of amides is 2. The molecule has 1 aromatic heterocycles. The molecule has 4 rings (SSSR count). The van der Waals surface area contributed by atoms with Crippen molar-refractivity contribution in [3.05, 3.63) is 72.4 Å². The van der Waals surface area contributed by atoms with E-state index in [1.165, 1.54) is 6.08 Å². The molecule has 0 fully saturated rings. The number of nitrogens with one attached hydrogen (secondary N) is 2. The van der Waals surface area contributed by atoms with Crippen LogP contribution in [0.15, 0.2) is 61.3 Å². The van der Waals surface area contributed by atoms with Crippen molar-refractivity contribution in [2.75, 3.05) is 17.6 Å². The minimum Gasteiger partial charge on any atom is -0.382 e. The first-order valence-corrected chi connectivity index (χ1v) is 8.85. The molecule has 0 bridgehead atoms. The Labute approximate surface area is 161 Å². The summed E-state index contributed by atoms with van der Waals surface area (Å²) in [6, 6.07) is 13.0. The van der Waals surface area contributed by atoms with E-state index in [1.54, 1.807) is 16.8 Å². The Bertz CT molecular complexity index is 1080. The second-order valence-corrected chi connectivity index (χ2v) is 6.49. The van der Waals surface area contributed by atoms with Crippen molar-refractivity contribution in [2.45, 2.75) is 6.42 Å². The van der Waals surface area contributed by atoms with Gasteiger partial charge >= 0.3 is 0 Å². The molecule has 7 nitrogen and oxygen atoms in total. The van der Waals surface area contributed by atoms with Crippen LogP contribution in [0.4, 0.5) is 11.5 Å². The van der Waals surface area contributed by atoms with Gasteiger partial charge in [-0.2, -0.15) is 5.10 Å². The number of hydrogen-bond donors (Lipinski definition) is 3. The van der Waals surface area contributed by atoms with Crippen LogP contribution in [0.3, 0.4) is 0 Å². The number of nitrogens with zero attached hydrogens (tertiary/aromatic N) is 2. The molecule has 0 radical (unpaired) electrons. The summed E-state index contributed by atoms with van der Waals surface area (Å²) in [7, 11) is 0. The zero-order valence-corrected chi connectivity index (χ0v) is 15.1. The molecular weight excluding hydrogens is 354 g/mol. The largest absolute Gasteiger partial charge is 0.382 e. The van der Waals surface area contributed by atoms with Crippen molar-refractivity contribution in [1.29, 1.82) is 0 Å². The number of nitrogens with two attached hydrogens (primary N) is 1. The van der Waals surface area contributed by atoms with E-state index in [-0.39, 0.29) is 11.8 Å². The highest BCUT2D eigenvalue weighted by Crippen LogP contribution is 2.29. The first kappa shape index (κ1) is 17.5. The maximum absolute atomic E-state index is 11.9. The lowest BCUT2D eigenvalue weighted by Gasteiger charge is -2.17. The molecule has 0 saturated carbocycles.